The van der Waals surface area contributed by atoms with E-state index in [-0.39, 0.29) is 24.2 Å². The summed E-state index contributed by atoms with van der Waals surface area (Å²) in [5.74, 6) is -0.229. The molecule has 0 aliphatic rings. The maximum absolute atomic E-state index is 12.1. The van der Waals surface area contributed by atoms with Gasteiger partial charge in [0, 0.05) is 13.1 Å². The lowest BCUT2D eigenvalue weighted by molar-refractivity contribution is -0.128. The molecular formula is C17H28ClN3O2. The summed E-state index contributed by atoms with van der Waals surface area (Å²) in [4.78, 5) is 24.2. The van der Waals surface area contributed by atoms with E-state index in [4.69, 9.17) is 0 Å². The Hall–Kier alpha value is -1.59. The van der Waals surface area contributed by atoms with Gasteiger partial charge in [-0.3, -0.25) is 9.59 Å². The summed E-state index contributed by atoms with van der Waals surface area (Å²) in [7, 11) is 0. The fourth-order valence-electron chi connectivity index (χ4n) is 2.16. The van der Waals surface area contributed by atoms with Gasteiger partial charge in [-0.2, -0.15) is 0 Å². The molecule has 0 radical (unpaired) electrons. The van der Waals surface area contributed by atoms with Crippen LogP contribution in [0, 0.1) is 0 Å². The summed E-state index contributed by atoms with van der Waals surface area (Å²) in [6.45, 7) is 6.20. The van der Waals surface area contributed by atoms with Gasteiger partial charge in [0.05, 0.1) is 6.42 Å². The van der Waals surface area contributed by atoms with Crippen LogP contribution >= 0.6 is 12.4 Å². The predicted octanol–water partition coefficient (Wildman–Crippen LogP) is 1.66. The third kappa shape index (κ3) is 9.21. The van der Waals surface area contributed by atoms with E-state index in [1.54, 1.807) is 0 Å². The average molecular weight is 342 g/mol. The third-order valence-electron chi connectivity index (χ3n) is 3.29. The molecule has 0 aromatic heterocycles. The molecule has 0 saturated carbocycles. The van der Waals surface area contributed by atoms with Gasteiger partial charge in [-0.05, 0) is 18.5 Å². The minimum Gasteiger partial charge on any atom is -0.353 e. The highest BCUT2D eigenvalue weighted by Gasteiger charge is 2.19. The molecule has 0 spiro atoms. The molecule has 1 atom stereocenters. The Morgan fingerprint density at radius 1 is 1.09 bits per heavy atom. The van der Waals surface area contributed by atoms with Gasteiger partial charge in [0.1, 0.15) is 6.04 Å². The summed E-state index contributed by atoms with van der Waals surface area (Å²) < 4.78 is 0. The Morgan fingerprint density at radius 2 is 1.78 bits per heavy atom. The summed E-state index contributed by atoms with van der Waals surface area (Å²) in [5, 5.41) is 8.84. The van der Waals surface area contributed by atoms with E-state index in [0.717, 1.165) is 25.1 Å². The zero-order chi connectivity index (χ0) is 16.2. The molecular weight excluding hydrogens is 314 g/mol. The molecule has 6 heteroatoms. The highest BCUT2D eigenvalue weighted by Crippen LogP contribution is 2.02. The monoisotopic (exact) mass is 341 g/mol. The van der Waals surface area contributed by atoms with Crippen LogP contribution in [0.5, 0.6) is 0 Å². The number of halogens is 1. The molecule has 0 heterocycles. The topological polar surface area (TPSA) is 70.2 Å². The Balaban J connectivity index is 0.00000484. The van der Waals surface area contributed by atoms with E-state index in [0.29, 0.717) is 19.4 Å². The van der Waals surface area contributed by atoms with Gasteiger partial charge in [-0.15, -0.1) is 12.4 Å². The molecule has 3 N–H and O–H groups in total. The van der Waals surface area contributed by atoms with Gasteiger partial charge in [0.25, 0.3) is 0 Å². The second-order valence-corrected chi connectivity index (χ2v) is 5.22. The quantitative estimate of drug-likeness (QED) is 0.567. The average Bonchev–Trinajstić information content (AvgIpc) is 2.52. The van der Waals surface area contributed by atoms with Crippen molar-refractivity contribution >= 4 is 24.2 Å². The van der Waals surface area contributed by atoms with Crippen molar-refractivity contribution in [1.82, 2.24) is 16.0 Å². The van der Waals surface area contributed by atoms with Crippen molar-refractivity contribution in [2.75, 3.05) is 19.6 Å². The van der Waals surface area contributed by atoms with Gasteiger partial charge in [0.2, 0.25) is 11.8 Å². The van der Waals surface area contributed by atoms with Crippen LogP contribution in [0.25, 0.3) is 0 Å². The van der Waals surface area contributed by atoms with E-state index in [1.807, 2.05) is 44.2 Å². The molecule has 1 rings (SSSR count). The van der Waals surface area contributed by atoms with Crippen LogP contribution in [0.4, 0.5) is 0 Å². The zero-order valence-corrected chi connectivity index (χ0v) is 14.7. The lowest BCUT2D eigenvalue weighted by Gasteiger charge is -2.18. The van der Waals surface area contributed by atoms with Crippen LogP contribution < -0.4 is 16.0 Å². The molecule has 5 nitrogen and oxygen atoms in total. The third-order valence-corrected chi connectivity index (χ3v) is 3.29. The number of carbonyl (C=O) groups is 2. The summed E-state index contributed by atoms with van der Waals surface area (Å²) in [6.07, 6.45) is 1.79. The fraction of sp³-hybridized carbons (Fsp3) is 0.529. The Morgan fingerprint density at radius 3 is 2.39 bits per heavy atom. The van der Waals surface area contributed by atoms with E-state index >= 15 is 0 Å². The van der Waals surface area contributed by atoms with Crippen molar-refractivity contribution in [2.24, 2.45) is 0 Å². The Kier molecular flexibility index (Phi) is 12.0. The molecule has 0 fully saturated rings. The van der Waals surface area contributed by atoms with Gasteiger partial charge in [-0.1, -0.05) is 50.6 Å². The number of hydrogen-bond donors (Lipinski definition) is 3. The van der Waals surface area contributed by atoms with E-state index < -0.39 is 6.04 Å². The summed E-state index contributed by atoms with van der Waals surface area (Å²) in [5.41, 5.74) is 0.947. The van der Waals surface area contributed by atoms with Crippen LogP contribution in [-0.4, -0.2) is 37.5 Å². The normalized spacial score (nSPS) is 11.2. The second-order valence-electron chi connectivity index (χ2n) is 5.22. The highest BCUT2D eigenvalue weighted by molar-refractivity contribution is 5.88. The zero-order valence-electron chi connectivity index (χ0n) is 13.9. The van der Waals surface area contributed by atoms with Gasteiger partial charge >= 0.3 is 0 Å². The van der Waals surface area contributed by atoms with E-state index in [9.17, 15) is 9.59 Å². The van der Waals surface area contributed by atoms with Gasteiger partial charge in [0.15, 0.2) is 0 Å². The molecule has 1 unspecified atom stereocenters. The van der Waals surface area contributed by atoms with Crippen molar-refractivity contribution < 1.29 is 9.59 Å². The SMILES string of the molecule is CCCC(NC(=O)Cc1ccccc1)C(=O)NCCNCC.Cl. The van der Waals surface area contributed by atoms with Crippen LogP contribution in [0.1, 0.15) is 32.3 Å². The summed E-state index contributed by atoms with van der Waals surface area (Å²) >= 11 is 0. The Labute approximate surface area is 145 Å². The number of nitrogens with one attached hydrogen (secondary N) is 3. The van der Waals surface area contributed by atoms with Crippen molar-refractivity contribution in [3.05, 3.63) is 35.9 Å². The van der Waals surface area contributed by atoms with Gasteiger partial charge in [-0.25, -0.2) is 0 Å². The first kappa shape index (κ1) is 21.4. The molecule has 0 aliphatic heterocycles. The lowest BCUT2D eigenvalue weighted by atomic mass is 10.1. The van der Waals surface area contributed by atoms with Crippen LogP contribution in [-0.2, 0) is 16.0 Å². The first-order valence-corrected chi connectivity index (χ1v) is 7.99. The van der Waals surface area contributed by atoms with E-state index in [2.05, 4.69) is 16.0 Å². The first-order valence-electron chi connectivity index (χ1n) is 7.99. The molecule has 2 amide bonds. The highest BCUT2D eigenvalue weighted by atomic mass is 35.5. The molecule has 23 heavy (non-hydrogen) atoms. The maximum Gasteiger partial charge on any atom is 0.242 e. The second kappa shape index (κ2) is 12.9. The molecule has 130 valence electrons. The van der Waals surface area contributed by atoms with Crippen LogP contribution in [0.2, 0.25) is 0 Å². The Bertz CT molecular complexity index is 454. The minimum atomic E-state index is -0.456. The molecule has 0 saturated heterocycles. The van der Waals surface area contributed by atoms with Crippen molar-refractivity contribution in [3.63, 3.8) is 0 Å². The first-order chi connectivity index (χ1) is 10.7. The maximum atomic E-state index is 12.1. The number of amides is 2. The molecule has 1 aromatic rings. The van der Waals surface area contributed by atoms with Crippen LogP contribution in [0.15, 0.2) is 30.3 Å². The number of benzene rings is 1. The molecule has 1 aromatic carbocycles. The predicted molar refractivity (Wildman–Crippen MR) is 95.8 cm³/mol. The standard InChI is InChI=1S/C17H27N3O2.ClH/c1-3-8-15(17(22)19-12-11-18-4-2)20-16(21)13-14-9-6-5-7-10-14;/h5-7,9-10,15,18H,3-4,8,11-13H2,1-2H3,(H,19,22)(H,20,21);1H. The fourth-order valence-corrected chi connectivity index (χ4v) is 2.16. The number of rotatable bonds is 10. The van der Waals surface area contributed by atoms with Crippen molar-refractivity contribution in [2.45, 2.75) is 39.2 Å². The minimum absolute atomic E-state index is 0. The number of carbonyl (C=O) groups excluding carboxylic acids is 2. The van der Waals surface area contributed by atoms with Crippen LogP contribution in [0.3, 0.4) is 0 Å². The smallest absolute Gasteiger partial charge is 0.242 e. The molecule has 0 bridgehead atoms. The van der Waals surface area contributed by atoms with Crippen molar-refractivity contribution in [3.8, 4) is 0 Å². The summed E-state index contributed by atoms with van der Waals surface area (Å²) in [6, 6.07) is 9.08. The van der Waals surface area contributed by atoms with E-state index in [1.165, 1.54) is 0 Å². The molecule has 0 aliphatic carbocycles. The van der Waals surface area contributed by atoms with Gasteiger partial charge < -0.3 is 16.0 Å². The largest absolute Gasteiger partial charge is 0.353 e. The lowest BCUT2D eigenvalue weighted by Crippen LogP contribution is -2.48. The number of hydrogen-bond acceptors (Lipinski definition) is 3. The number of likely N-dealkylation sites (N-methyl/N-ethyl adjacent to an activating group) is 1. The van der Waals surface area contributed by atoms with Crippen molar-refractivity contribution in [1.29, 1.82) is 0 Å².